The van der Waals surface area contributed by atoms with Crippen LogP contribution in [0.1, 0.15) is 22.8 Å². The molecule has 2 aromatic carbocycles. The summed E-state index contributed by atoms with van der Waals surface area (Å²) in [7, 11) is 0. The van der Waals surface area contributed by atoms with Crippen molar-refractivity contribution in [1.82, 2.24) is 5.32 Å². The minimum absolute atomic E-state index is 0.0174. The number of benzene rings is 2. The number of nitrogens with two attached hydrogens (primary N) is 1. The SMILES string of the molecule is CC(Cc1ccccc1)NC(=O)c1ccc(F)c(N)c1. The third-order valence-electron chi connectivity index (χ3n) is 3.02. The van der Waals surface area contributed by atoms with Crippen molar-refractivity contribution >= 4 is 11.6 Å². The fourth-order valence-corrected chi connectivity index (χ4v) is 2.01. The lowest BCUT2D eigenvalue weighted by atomic mass is 10.1. The topological polar surface area (TPSA) is 55.1 Å². The van der Waals surface area contributed by atoms with Gasteiger partial charge in [-0.15, -0.1) is 0 Å². The summed E-state index contributed by atoms with van der Waals surface area (Å²) in [6.45, 7) is 1.93. The monoisotopic (exact) mass is 272 g/mol. The van der Waals surface area contributed by atoms with Gasteiger partial charge in [-0.1, -0.05) is 30.3 Å². The van der Waals surface area contributed by atoms with Crippen molar-refractivity contribution in [3.8, 4) is 0 Å². The lowest BCUT2D eigenvalue weighted by Crippen LogP contribution is -2.34. The van der Waals surface area contributed by atoms with Crippen LogP contribution in [-0.4, -0.2) is 11.9 Å². The summed E-state index contributed by atoms with van der Waals surface area (Å²) in [4.78, 5) is 12.0. The molecular weight excluding hydrogens is 255 g/mol. The first-order valence-corrected chi connectivity index (χ1v) is 6.46. The second-order valence-electron chi connectivity index (χ2n) is 4.80. The molecule has 4 heteroatoms. The third kappa shape index (κ3) is 3.57. The molecule has 0 heterocycles. The second kappa shape index (κ2) is 6.19. The Balaban J connectivity index is 1.98. The number of nitrogens with one attached hydrogen (secondary N) is 1. The minimum atomic E-state index is -0.515. The van der Waals surface area contributed by atoms with Crippen LogP contribution in [0, 0.1) is 5.82 Å². The number of hydrogen-bond donors (Lipinski definition) is 2. The number of nitrogen functional groups attached to an aromatic ring is 1. The maximum Gasteiger partial charge on any atom is 0.251 e. The summed E-state index contributed by atoms with van der Waals surface area (Å²) in [6.07, 6.45) is 0.739. The molecule has 3 nitrogen and oxygen atoms in total. The maximum absolute atomic E-state index is 13.1. The van der Waals surface area contributed by atoms with Gasteiger partial charge in [-0.3, -0.25) is 4.79 Å². The molecule has 20 heavy (non-hydrogen) atoms. The van der Waals surface area contributed by atoms with Gasteiger partial charge >= 0.3 is 0 Å². The Morgan fingerprint density at radius 2 is 1.95 bits per heavy atom. The zero-order valence-electron chi connectivity index (χ0n) is 11.3. The predicted octanol–water partition coefficient (Wildman–Crippen LogP) is 2.77. The van der Waals surface area contributed by atoms with Crippen LogP contribution < -0.4 is 11.1 Å². The number of hydrogen-bond acceptors (Lipinski definition) is 2. The van der Waals surface area contributed by atoms with Crippen molar-refractivity contribution in [2.75, 3.05) is 5.73 Å². The first kappa shape index (κ1) is 14.1. The number of carbonyl (C=O) groups is 1. The number of rotatable bonds is 4. The summed E-state index contributed by atoms with van der Waals surface area (Å²) < 4.78 is 13.1. The van der Waals surface area contributed by atoms with Gasteiger partial charge in [-0.05, 0) is 37.1 Å². The average Bonchev–Trinajstić information content (AvgIpc) is 2.42. The molecule has 1 unspecified atom stereocenters. The van der Waals surface area contributed by atoms with Crippen LogP contribution in [-0.2, 0) is 6.42 Å². The van der Waals surface area contributed by atoms with E-state index in [4.69, 9.17) is 5.73 Å². The van der Waals surface area contributed by atoms with Crippen LogP contribution in [0.5, 0.6) is 0 Å². The molecule has 0 radical (unpaired) electrons. The summed E-state index contributed by atoms with van der Waals surface area (Å²) in [5.74, 6) is -0.765. The second-order valence-corrected chi connectivity index (χ2v) is 4.80. The Kier molecular flexibility index (Phi) is 4.35. The van der Waals surface area contributed by atoms with E-state index in [1.807, 2.05) is 37.3 Å². The number of anilines is 1. The van der Waals surface area contributed by atoms with E-state index >= 15 is 0 Å². The molecule has 0 fully saturated rings. The lowest BCUT2D eigenvalue weighted by Gasteiger charge is -2.14. The molecule has 2 aromatic rings. The van der Waals surface area contributed by atoms with E-state index in [-0.39, 0.29) is 17.6 Å². The van der Waals surface area contributed by atoms with Crippen molar-refractivity contribution in [3.63, 3.8) is 0 Å². The van der Waals surface area contributed by atoms with Gasteiger partial charge in [0.1, 0.15) is 5.82 Å². The minimum Gasteiger partial charge on any atom is -0.396 e. The molecule has 0 aliphatic rings. The van der Waals surface area contributed by atoms with Crippen molar-refractivity contribution in [2.24, 2.45) is 0 Å². The maximum atomic E-state index is 13.1. The molecule has 0 aliphatic carbocycles. The van der Waals surface area contributed by atoms with Gasteiger partial charge in [0.05, 0.1) is 5.69 Å². The van der Waals surface area contributed by atoms with E-state index in [1.54, 1.807) is 0 Å². The Labute approximate surface area is 117 Å². The summed E-state index contributed by atoms with van der Waals surface area (Å²) >= 11 is 0. The highest BCUT2D eigenvalue weighted by molar-refractivity contribution is 5.95. The summed E-state index contributed by atoms with van der Waals surface area (Å²) in [6, 6.07) is 13.9. The van der Waals surface area contributed by atoms with Gasteiger partial charge in [0.2, 0.25) is 0 Å². The molecule has 104 valence electrons. The molecule has 0 saturated heterocycles. The smallest absolute Gasteiger partial charge is 0.251 e. The standard InChI is InChI=1S/C16H17FN2O/c1-11(9-12-5-3-2-4-6-12)19-16(20)13-7-8-14(17)15(18)10-13/h2-8,10-11H,9,18H2,1H3,(H,19,20). The molecular formula is C16H17FN2O. The zero-order valence-corrected chi connectivity index (χ0v) is 11.3. The average molecular weight is 272 g/mol. The van der Waals surface area contributed by atoms with Gasteiger partial charge in [0, 0.05) is 11.6 Å². The van der Waals surface area contributed by atoms with E-state index in [2.05, 4.69) is 5.32 Å². The first-order valence-electron chi connectivity index (χ1n) is 6.46. The van der Waals surface area contributed by atoms with Gasteiger partial charge < -0.3 is 11.1 Å². The summed E-state index contributed by atoms with van der Waals surface area (Å²) in [5, 5.41) is 2.87. The third-order valence-corrected chi connectivity index (χ3v) is 3.02. The highest BCUT2D eigenvalue weighted by Gasteiger charge is 2.11. The van der Waals surface area contributed by atoms with E-state index in [1.165, 1.54) is 18.2 Å². The van der Waals surface area contributed by atoms with E-state index < -0.39 is 5.82 Å². The molecule has 0 bridgehead atoms. The highest BCUT2D eigenvalue weighted by Crippen LogP contribution is 2.12. The molecule has 3 N–H and O–H groups in total. The molecule has 0 aromatic heterocycles. The normalized spacial score (nSPS) is 11.9. The lowest BCUT2D eigenvalue weighted by molar-refractivity contribution is 0.0940. The number of carbonyl (C=O) groups excluding carboxylic acids is 1. The number of halogens is 1. The van der Waals surface area contributed by atoms with Gasteiger partial charge in [0.25, 0.3) is 5.91 Å². The summed E-state index contributed by atoms with van der Waals surface area (Å²) in [5.41, 5.74) is 6.95. The van der Waals surface area contributed by atoms with Crippen LogP contribution in [0.15, 0.2) is 48.5 Å². The fraction of sp³-hybridized carbons (Fsp3) is 0.188. The Morgan fingerprint density at radius 3 is 2.60 bits per heavy atom. The van der Waals surface area contributed by atoms with Crippen LogP contribution in [0.2, 0.25) is 0 Å². The Hall–Kier alpha value is -2.36. The van der Waals surface area contributed by atoms with Crippen LogP contribution in [0.25, 0.3) is 0 Å². The van der Waals surface area contributed by atoms with Crippen molar-refractivity contribution < 1.29 is 9.18 Å². The largest absolute Gasteiger partial charge is 0.396 e. The van der Waals surface area contributed by atoms with E-state index in [9.17, 15) is 9.18 Å². The van der Waals surface area contributed by atoms with Crippen molar-refractivity contribution in [3.05, 3.63) is 65.5 Å². The van der Waals surface area contributed by atoms with Gasteiger partial charge in [0.15, 0.2) is 0 Å². The Morgan fingerprint density at radius 1 is 1.25 bits per heavy atom. The molecule has 1 atom stereocenters. The quantitative estimate of drug-likeness (QED) is 0.841. The van der Waals surface area contributed by atoms with Crippen LogP contribution >= 0.6 is 0 Å². The van der Waals surface area contributed by atoms with Crippen LogP contribution in [0.4, 0.5) is 10.1 Å². The van der Waals surface area contributed by atoms with E-state index in [0.29, 0.717) is 5.56 Å². The van der Waals surface area contributed by atoms with Gasteiger partial charge in [-0.25, -0.2) is 4.39 Å². The predicted molar refractivity (Wildman–Crippen MR) is 77.9 cm³/mol. The molecule has 1 amide bonds. The number of amides is 1. The van der Waals surface area contributed by atoms with Crippen molar-refractivity contribution in [1.29, 1.82) is 0 Å². The fourth-order valence-electron chi connectivity index (χ4n) is 2.01. The molecule has 0 spiro atoms. The van der Waals surface area contributed by atoms with Crippen molar-refractivity contribution in [2.45, 2.75) is 19.4 Å². The molecule has 2 rings (SSSR count). The van der Waals surface area contributed by atoms with Gasteiger partial charge in [-0.2, -0.15) is 0 Å². The zero-order chi connectivity index (χ0) is 14.5. The first-order chi connectivity index (χ1) is 9.56. The van der Waals surface area contributed by atoms with Crippen LogP contribution in [0.3, 0.4) is 0 Å². The Bertz CT molecular complexity index is 599. The highest BCUT2D eigenvalue weighted by atomic mass is 19.1. The molecule has 0 saturated carbocycles. The van der Waals surface area contributed by atoms with E-state index in [0.717, 1.165) is 12.0 Å². The molecule has 0 aliphatic heterocycles.